The highest BCUT2D eigenvalue weighted by molar-refractivity contribution is 7.87. The number of ether oxygens (including phenoxy) is 1. The molecule has 1 saturated heterocycles. The monoisotopic (exact) mass is 275 g/mol. The first-order valence-electron chi connectivity index (χ1n) is 5.58. The fourth-order valence-electron chi connectivity index (χ4n) is 1.62. The number of hydrogen-bond donors (Lipinski definition) is 1. The second kappa shape index (κ2) is 5.12. The minimum Gasteiger partial charge on any atom is -0.443 e. The number of hydrogen-bond acceptors (Lipinski definition) is 5. The largest absolute Gasteiger partial charge is 0.443 e. The van der Waals surface area contributed by atoms with E-state index in [4.69, 9.17) is 10.00 Å². The van der Waals surface area contributed by atoms with Crippen molar-refractivity contribution in [2.75, 3.05) is 6.54 Å². The Bertz CT molecular complexity index is 460. The third-order valence-electron chi connectivity index (χ3n) is 2.27. The summed E-state index contributed by atoms with van der Waals surface area (Å²) in [6.07, 6.45) is 0.0465. The number of carbonyl (C=O) groups is 1. The molecule has 0 aromatic rings. The number of nitriles is 1. The molecule has 1 fully saturated rings. The third kappa shape index (κ3) is 3.85. The standard InChI is InChI=1S/C10H17N3O4S/c1-10(2,3)17-9(14)12-18(15,16)13-6-4-5-8(13)7-11/h8H,4-6H2,1-3H3,(H,12,14)/t8-/m0/s1. The van der Waals surface area contributed by atoms with Crippen molar-refractivity contribution in [1.29, 1.82) is 5.26 Å². The van der Waals surface area contributed by atoms with Crippen molar-refractivity contribution in [1.82, 2.24) is 9.03 Å². The van der Waals surface area contributed by atoms with Gasteiger partial charge in [-0.25, -0.2) is 9.52 Å². The van der Waals surface area contributed by atoms with Crippen LogP contribution in [0.2, 0.25) is 0 Å². The van der Waals surface area contributed by atoms with Crippen molar-refractivity contribution < 1.29 is 17.9 Å². The molecule has 8 heteroatoms. The Labute approximate surface area is 107 Å². The Morgan fingerprint density at radius 2 is 2.11 bits per heavy atom. The molecule has 7 nitrogen and oxygen atoms in total. The first-order chi connectivity index (χ1) is 8.15. The molecular formula is C10H17N3O4S. The quantitative estimate of drug-likeness (QED) is 0.801. The fourth-order valence-corrected chi connectivity index (χ4v) is 2.85. The van der Waals surface area contributed by atoms with E-state index in [0.717, 1.165) is 4.31 Å². The Morgan fingerprint density at radius 1 is 1.50 bits per heavy atom. The van der Waals surface area contributed by atoms with E-state index < -0.39 is 27.9 Å². The Kier molecular flexibility index (Phi) is 4.19. The predicted octanol–water partition coefficient (Wildman–Crippen LogP) is 0.744. The average Bonchev–Trinajstić information content (AvgIpc) is 2.61. The molecule has 0 aromatic heterocycles. The Hall–Kier alpha value is -1.33. The Morgan fingerprint density at radius 3 is 2.61 bits per heavy atom. The van der Waals surface area contributed by atoms with Gasteiger partial charge in [0.05, 0.1) is 6.07 Å². The molecule has 1 N–H and O–H groups in total. The minimum absolute atomic E-state index is 0.232. The maximum absolute atomic E-state index is 11.9. The molecule has 102 valence electrons. The number of nitrogens with zero attached hydrogens (tertiary/aromatic N) is 2. The summed E-state index contributed by atoms with van der Waals surface area (Å²) in [4.78, 5) is 11.4. The van der Waals surface area contributed by atoms with Crippen LogP contribution in [0.15, 0.2) is 0 Å². The second-order valence-electron chi connectivity index (χ2n) is 5.01. The molecule has 0 saturated carbocycles. The van der Waals surface area contributed by atoms with Crippen LogP contribution in [0.5, 0.6) is 0 Å². The topological polar surface area (TPSA) is 99.5 Å². The van der Waals surface area contributed by atoms with Crippen LogP contribution < -0.4 is 4.72 Å². The van der Waals surface area contributed by atoms with Crippen molar-refractivity contribution in [2.24, 2.45) is 0 Å². The highest BCUT2D eigenvalue weighted by Gasteiger charge is 2.36. The van der Waals surface area contributed by atoms with Crippen LogP contribution in [0.3, 0.4) is 0 Å². The van der Waals surface area contributed by atoms with E-state index in [2.05, 4.69) is 0 Å². The van der Waals surface area contributed by atoms with Gasteiger partial charge >= 0.3 is 16.3 Å². The van der Waals surface area contributed by atoms with Crippen LogP contribution in [0.4, 0.5) is 4.79 Å². The second-order valence-corrected chi connectivity index (χ2v) is 6.63. The summed E-state index contributed by atoms with van der Waals surface area (Å²) in [5.41, 5.74) is -0.779. The van der Waals surface area contributed by atoms with Gasteiger partial charge in [-0.3, -0.25) is 0 Å². The van der Waals surface area contributed by atoms with Gasteiger partial charge in [-0.15, -0.1) is 0 Å². The summed E-state index contributed by atoms with van der Waals surface area (Å²) < 4.78 is 31.4. The van der Waals surface area contributed by atoms with Gasteiger partial charge in [0, 0.05) is 6.54 Å². The SMILES string of the molecule is CC(C)(C)OC(=O)NS(=O)(=O)N1CCC[C@H]1C#N. The summed E-state index contributed by atoms with van der Waals surface area (Å²) in [6.45, 7) is 5.13. The van der Waals surface area contributed by atoms with Crippen LogP contribution in [0.25, 0.3) is 0 Å². The number of amides is 1. The van der Waals surface area contributed by atoms with Gasteiger partial charge in [0.2, 0.25) is 0 Å². The smallest absolute Gasteiger partial charge is 0.422 e. The summed E-state index contributed by atoms with van der Waals surface area (Å²) in [5.74, 6) is 0. The molecule has 1 aliphatic rings. The highest BCUT2D eigenvalue weighted by Crippen LogP contribution is 2.19. The molecule has 1 rings (SSSR count). The lowest BCUT2D eigenvalue weighted by atomic mass is 10.2. The third-order valence-corrected chi connectivity index (χ3v) is 3.75. The van der Waals surface area contributed by atoms with E-state index in [1.807, 2.05) is 6.07 Å². The lowest BCUT2D eigenvalue weighted by Crippen LogP contribution is -2.46. The zero-order chi connectivity index (χ0) is 14.0. The maximum atomic E-state index is 11.9. The molecular weight excluding hydrogens is 258 g/mol. The van der Waals surface area contributed by atoms with Gasteiger partial charge in [-0.2, -0.15) is 18.0 Å². The van der Waals surface area contributed by atoms with Crippen LogP contribution >= 0.6 is 0 Å². The zero-order valence-electron chi connectivity index (χ0n) is 10.6. The lowest BCUT2D eigenvalue weighted by Gasteiger charge is -2.22. The Balaban J connectivity index is 2.71. The van der Waals surface area contributed by atoms with Gasteiger partial charge < -0.3 is 4.74 Å². The van der Waals surface area contributed by atoms with Gasteiger partial charge in [-0.05, 0) is 33.6 Å². The van der Waals surface area contributed by atoms with Crippen molar-refractivity contribution in [3.8, 4) is 6.07 Å². The molecule has 0 spiro atoms. The van der Waals surface area contributed by atoms with Crippen molar-refractivity contribution in [3.05, 3.63) is 0 Å². The van der Waals surface area contributed by atoms with Crippen LogP contribution in [-0.2, 0) is 14.9 Å². The van der Waals surface area contributed by atoms with E-state index in [9.17, 15) is 13.2 Å². The molecule has 0 unspecified atom stereocenters. The lowest BCUT2D eigenvalue weighted by molar-refractivity contribution is 0.0567. The van der Waals surface area contributed by atoms with Gasteiger partial charge in [0.1, 0.15) is 11.6 Å². The van der Waals surface area contributed by atoms with Gasteiger partial charge in [0.15, 0.2) is 0 Å². The highest BCUT2D eigenvalue weighted by atomic mass is 32.2. The molecule has 0 radical (unpaired) electrons. The predicted molar refractivity (Wildman–Crippen MR) is 63.6 cm³/mol. The summed E-state index contributed by atoms with van der Waals surface area (Å²) in [5, 5.41) is 8.82. The van der Waals surface area contributed by atoms with Crippen molar-refractivity contribution in [3.63, 3.8) is 0 Å². The molecule has 0 aromatic carbocycles. The first-order valence-corrected chi connectivity index (χ1v) is 7.02. The fraction of sp³-hybridized carbons (Fsp3) is 0.800. The molecule has 0 bridgehead atoms. The number of rotatable bonds is 2. The van der Waals surface area contributed by atoms with Crippen LogP contribution in [-0.4, -0.2) is 37.0 Å². The van der Waals surface area contributed by atoms with Gasteiger partial charge in [-0.1, -0.05) is 0 Å². The van der Waals surface area contributed by atoms with Gasteiger partial charge in [0.25, 0.3) is 0 Å². The molecule has 1 atom stereocenters. The van der Waals surface area contributed by atoms with Crippen LogP contribution in [0, 0.1) is 11.3 Å². The summed E-state index contributed by atoms with van der Waals surface area (Å²) in [6, 6.07) is 1.18. The summed E-state index contributed by atoms with van der Waals surface area (Å²) in [7, 11) is -4.01. The minimum atomic E-state index is -4.01. The molecule has 1 amide bonds. The number of nitrogens with one attached hydrogen (secondary N) is 1. The van der Waals surface area contributed by atoms with E-state index in [1.165, 1.54) is 0 Å². The van der Waals surface area contributed by atoms with E-state index in [1.54, 1.807) is 25.5 Å². The normalized spacial score (nSPS) is 21.3. The van der Waals surface area contributed by atoms with Crippen molar-refractivity contribution in [2.45, 2.75) is 45.3 Å². The van der Waals surface area contributed by atoms with E-state index in [0.29, 0.717) is 12.8 Å². The molecule has 1 aliphatic heterocycles. The molecule has 18 heavy (non-hydrogen) atoms. The van der Waals surface area contributed by atoms with Crippen molar-refractivity contribution >= 4 is 16.3 Å². The average molecular weight is 275 g/mol. The van der Waals surface area contributed by atoms with Crippen LogP contribution in [0.1, 0.15) is 33.6 Å². The van der Waals surface area contributed by atoms with E-state index >= 15 is 0 Å². The zero-order valence-corrected chi connectivity index (χ0v) is 11.5. The maximum Gasteiger partial charge on any atom is 0.422 e. The molecule has 0 aliphatic carbocycles. The number of carbonyl (C=O) groups excluding carboxylic acids is 1. The van der Waals surface area contributed by atoms with E-state index in [-0.39, 0.29) is 6.54 Å². The first kappa shape index (κ1) is 14.7. The molecule has 1 heterocycles. The summed E-state index contributed by atoms with van der Waals surface area (Å²) >= 11 is 0.